The second-order valence-corrected chi connectivity index (χ2v) is 4.81. The molecule has 0 aliphatic heterocycles. The molecular formula is C12H13F2N5. The molecule has 2 aromatic rings. The molecule has 1 saturated carbocycles. The van der Waals surface area contributed by atoms with Crippen LogP contribution < -0.4 is 5.73 Å². The molecule has 1 aromatic carbocycles. The van der Waals surface area contributed by atoms with Crippen LogP contribution in [-0.2, 0) is 6.54 Å². The summed E-state index contributed by atoms with van der Waals surface area (Å²) >= 11 is 0. The third-order valence-corrected chi connectivity index (χ3v) is 3.31. The summed E-state index contributed by atoms with van der Waals surface area (Å²) < 4.78 is 28.5. The van der Waals surface area contributed by atoms with Crippen LogP contribution in [0, 0.1) is 17.6 Å². The molecule has 2 N–H and O–H groups in total. The lowest BCUT2D eigenvalue weighted by atomic mass is 10.1. The number of nitrogens with zero attached hydrogens (tertiary/aromatic N) is 4. The number of anilines is 1. The van der Waals surface area contributed by atoms with Crippen molar-refractivity contribution in [2.24, 2.45) is 5.92 Å². The molecule has 5 nitrogen and oxygen atoms in total. The summed E-state index contributed by atoms with van der Waals surface area (Å²) in [7, 11) is 0. The average Bonchev–Trinajstić information content (AvgIpc) is 3.09. The van der Waals surface area contributed by atoms with Crippen molar-refractivity contribution < 1.29 is 8.78 Å². The number of aryl methyl sites for hydroxylation is 1. The SMILES string of the molecule is Nc1cc(-c2nnnn2CCC2CC2)c(F)cc1F. The highest BCUT2D eigenvalue weighted by Crippen LogP contribution is 2.33. The minimum absolute atomic E-state index is 0.117. The van der Waals surface area contributed by atoms with Crippen molar-refractivity contribution in [3.63, 3.8) is 0 Å². The van der Waals surface area contributed by atoms with Crippen molar-refractivity contribution >= 4 is 5.69 Å². The highest BCUT2D eigenvalue weighted by molar-refractivity contribution is 5.62. The number of benzene rings is 1. The molecule has 7 heteroatoms. The maximum atomic E-state index is 13.8. The van der Waals surface area contributed by atoms with Crippen LogP contribution in [0.5, 0.6) is 0 Å². The third kappa shape index (κ3) is 2.40. The number of nitrogen functional groups attached to an aromatic ring is 1. The molecule has 0 unspecified atom stereocenters. The smallest absolute Gasteiger partial charge is 0.185 e. The maximum Gasteiger partial charge on any atom is 0.185 e. The summed E-state index contributed by atoms with van der Waals surface area (Å²) in [5, 5.41) is 11.2. The van der Waals surface area contributed by atoms with Gasteiger partial charge >= 0.3 is 0 Å². The van der Waals surface area contributed by atoms with Gasteiger partial charge in [0.15, 0.2) is 5.82 Å². The van der Waals surface area contributed by atoms with Gasteiger partial charge in [0.1, 0.15) is 11.6 Å². The van der Waals surface area contributed by atoms with Gasteiger partial charge in [0.2, 0.25) is 0 Å². The molecule has 19 heavy (non-hydrogen) atoms. The van der Waals surface area contributed by atoms with Crippen molar-refractivity contribution in [3.8, 4) is 11.4 Å². The van der Waals surface area contributed by atoms with Crippen LogP contribution in [0.1, 0.15) is 19.3 Å². The zero-order valence-corrected chi connectivity index (χ0v) is 10.2. The second-order valence-electron chi connectivity index (χ2n) is 4.81. The fourth-order valence-electron chi connectivity index (χ4n) is 2.00. The first-order chi connectivity index (χ1) is 9.15. The summed E-state index contributed by atoms with van der Waals surface area (Å²) in [4.78, 5) is 0. The number of nitrogens with two attached hydrogens (primary N) is 1. The Hall–Kier alpha value is -2.05. The van der Waals surface area contributed by atoms with Gasteiger partial charge in [-0.05, 0) is 28.8 Å². The molecule has 1 aliphatic rings. The standard InChI is InChI=1S/C12H13F2N5/c13-9-6-10(14)11(15)5-8(9)12-16-17-18-19(12)4-3-7-1-2-7/h5-7H,1-4,15H2. The molecule has 0 atom stereocenters. The highest BCUT2D eigenvalue weighted by atomic mass is 19.1. The van der Waals surface area contributed by atoms with Crippen molar-refractivity contribution in [3.05, 3.63) is 23.8 Å². The summed E-state index contributed by atoms with van der Waals surface area (Å²) in [5.74, 6) is -0.488. The highest BCUT2D eigenvalue weighted by Gasteiger charge is 2.22. The lowest BCUT2D eigenvalue weighted by Crippen LogP contribution is -2.05. The van der Waals surface area contributed by atoms with Gasteiger partial charge in [0, 0.05) is 12.6 Å². The minimum atomic E-state index is -0.779. The van der Waals surface area contributed by atoms with Crippen molar-refractivity contribution in [1.82, 2.24) is 20.2 Å². The van der Waals surface area contributed by atoms with Gasteiger partial charge in [-0.3, -0.25) is 0 Å². The van der Waals surface area contributed by atoms with Gasteiger partial charge in [0.05, 0.1) is 11.3 Å². The van der Waals surface area contributed by atoms with E-state index in [4.69, 9.17) is 5.73 Å². The Morgan fingerprint density at radius 3 is 2.79 bits per heavy atom. The van der Waals surface area contributed by atoms with E-state index >= 15 is 0 Å². The summed E-state index contributed by atoms with van der Waals surface area (Å²) in [6.07, 6.45) is 3.43. The first kappa shape index (κ1) is 12.0. The van der Waals surface area contributed by atoms with Crippen LogP contribution in [0.25, 0.3) is 11.4 Å². The van der Waals surface area contributed by atoms with Gasteiger partial charge in [0.25, 0.3) is 0 Å². The van der Waals surface area contributed by atoms with E-state index in [1.54, 1.807) is 0 Å². The zero-order chi connectivity index (χ0) is 13.4. The fraction of sp³-hybridized carbons (Fsp3) is 0.417. The monoisotopic (exact) mass is 265 g/mol. The summed E-state index contributed by atoms with van der Waals surface area (Å²) in [6, 6.07) is 1.98. The Balaban J connectivity index is 1.92. The predicted molar refractivity (Wildman–Crippen MR) is 64.9 cm³/mol. The summed E-state index contributed by atoms with van der Waals surface area (Å²) in [5.41, 5.74) is 5.47. The zero-order valence-electron chi connectivity index (χ0n) is 10.2. The molecular weight excluding hydrogens is 252 g/mol. The van der Waals surface area contributed by atoms with Crippen LogP contribution >= 0.6 is 0 Å². The van der Waals surface area contributed by atoms with Crippen LogP contribution in [0.15, 0.2) is 12.1 Å². The molecule has 0 radical (unpaired) electrons. The van der Waals surface area contributed by atoms with E-state index < -0.39 is 11.6 Å². The Bertz CT molecular complexity index is 606. The van der Waals surface area contributed by atoms with E-state index in [-0.39, 0.29) is 17.1 Å². The Morgan fingerprint density at radius 2 is 2.05 bits per heavy atom. The molecule has 3 rings (SSSR count). The van der Waals surface area contributed by atoms with Gasteiger partial charge in [-0.15, -0.1) is 5.10 Å². The fourth-order valence-corrected chi connectivity index (χ4v) is 2.00. The average molecular weight is 265 g/mol. The largest absolute Gasteiger partial charge is 0.396 e. The Morgan fingerprint density at radius 1 is 1.26 bits per heavy atom. The topological polar surface area (TPSA) is 69.6 Å². The lowest BCUT2D eigenvalue weighted by Gasteiger charge is -2.06. The number of hydrogen-bond acceptors (Lipinski definition) is 4. The van der Waals surface area contributed by atoms with Crippen LogP contribution in [0.2, 0.25) is 0 Å². The van der Waals surface area contributed by atoms with E-state index in [0.29, 0.717) is 6.54 Å². The van der Waals surface area contributed by atoms with E-state index in [0.717, 1.165) is 18.4 Å². The number of aromatic nitrogens is 4. The third-order valence-electron chi connectivity index (χ3n) is 3.31. The lowest BCUT2D eigenvalue weighted by molar-refractivity contribution is 0.532. The number of hydrogen-bond donors (Lipinski definition) is 1. The van der Waals surface area contributed by atoms with Gasteiger partial charge in [-0.1, -0.05) is 12.8 Å². The van der Waals surface area contributed by atoms with Crippen molar-refractivity contribution in [2.45, 2.75) is 25.8 Å². The van der Waals surface area contributed by atoms with Crippen molar-refractivity contribution in [2.75, 3.05) is 5.73 Å². The van der Waals surface area contributed by atoms with Crippen molar-refractivity contribution in [1.29, 1.82) is 0 Å². The first-order valence-corrected chi connectivity index (χ1v) is 6.16. The second kappa shape index (κ2) is 4.56. The molecule has 0 spiro atoms. The Kier molecular flexibility index (Phi) is 2.88. The van der Waals surface area contributed by atoms with E-state index in [2.05, 4.69) is 15.5 Å². The molecule has 100 valence electrons. The number of rotatable bonds is 4. The maximum absolute atomic E-state index is 13.8. The molecule has 1 aliphatic carbocycles. The molecule has 0 amide bonds. The Labute approximate surface area is 108 Å². The quantitative estimate of drug-likeness (QED) is 0.858. The minimum Gasteiger partial charge on any atom is -0.396 e. The van der Waals surface area contributed by atoms with Crippen LogP contribution in [0.3, 0.4) is 0 Å². The molecule has 1 fully saturated rings. The normalized spacial score (nSPS) is 14.8. The van der Waals surface area contributed by atoms with E-state index in [1.165, 1.54) is 23.6 Å². The van der Waals surface area contributed by atoms with E-state index in [1.807, 2.05) is 0 Å². The molecule has 0 saturated heterocycles. The first-order valence-electron chi connectivity index (χ1n) is 6.16. The van der Waals surface area contributed by atoms with E-state index in [9.17, 15) is 8.78 Å². The molecule has 1 aromatic heterocycles. The summed E-state index contributed by atoms with van der Waals surface area (Å²) in [6.45, 7) is 0.629. The van der Waals surface area contributed by atoms with Gasteiger partial charge < -0.3 is 5.73 Å². The van der Waals surface area contributed by atoms with Gasteiger partial charge in [-0.2, -0.15) is 0 Å². The predicted octanol–water partition coefficient (Wildman–Crippen LogP) is 2.00. The van der Waals surface area contributed by atoms with Crippen LogP contribution in [0.4, 0.5) is 14.5 Å². The molecule has 0 bridgehead atoms. The van der Waals surface area contributed by atoms with Crippen LogP contribution in [-0.4, -0.2) is 20.2 Å². The number of tetrazole rings is 1. The molecule has 1 heterocycles. The number of halogens is 2. The van der Waals surface area contributed by atoms with Gasteiger partial charge in [-0.25, -0.2) is 13.5 Å².